The molecule has 2 N–H and O–H groups in total. The number of hydrogen-bond donors (Lipinski definition) is 2. The van der Waals surface area contributed by atoms with Gasteiger partial charge in [0, 0.05) is 10.8 Å². The van der Waals surface area contributed by atoms with Crippen LogP contribution in [0.3, 0.4) is 0 Å². The third-order valence-electron chi connectivity index (χ3n) is 9.49. The normalized spacial score (nSPS) is 13.0. The van der Waals surface area contributed by atoms with Crippen LogP contribution >= 0.6 is 0 Å². The molecule has 6 nitrogen and oxygen atoms in total. The van der Waals surface area contributed by atoms with Crippen LogP contribution in [0.1, 0.15) is 104 Å². The molecule has 0 unspecified atom stereocenters. The van der Waals surface area contributed by atoms with Gasteiger partial charge in [0.15, 0.2) is 11.5 Å². The molecule has 0 saturated heterocycles. The molecular formula is C34H50O6Si2. The van der Waals surface area contributed by atoms with Crippen molar-refractivity contribution in [3.8, 4) is 11.5 Å². The van der Waals surface area contributed by atoms with E-state index in [2.05, 4.69) is 83.1 Å². The zero-order chi connectivity index (χ0) is 31.9. The molecule has 0 aliphatic carbocycles. The molecule has 0 aromatic heterocycles. The molecule has 3 rings (SSSR count). The minimum absolute atomic E-state index is 0.172. The van der Waals surface area contributed by atoms with Crippen molar-refractivity contribution in [2.75, 3.05) is 0 Å². The molecule has 230 valence electrons. The van der Waals surface area contributed by atoms with Gasteiger partial charge in [0.25, 0.3) is 16.6 Å². The first-order valence-electron chi connectivity index (χ1n) is 15.3. The minimum Gasteiger partial charge on any atom is -0.540 e. The number of rotatable bonds is 12. The van der Waals surface area contributed by atoms with Crippen molar-refractivity contribution in [2.45, 2.75) is 116 Å². The predicted molar refractivity (Wildman–Crippen MR) is 179 cm³/mol. The largest absolute Gasteiger partial charge is 0.540 e. The number of carbonyl (C=O) groups is 2. The quantitative estimate of drug-likeness (QED) is 0.156. The van der Waals surface area contributed by atoms with Crippen molar-refractivity contribution in [3.05, 3.63) is 47.5 Å². The van der Waals surface area contributed by atoms with Gasteiger partial charge in [0.1, 0.15) is 0 Å². The summed E-state index contributed by atoms with van der Waals surface area (Å²) in [5, 5.41) is 23.0. The average Bonchev–Trinajstić information content (AvgIpc) is 2.88. The number of hydrogen-bond acceptors (Lipinski definition) is 4. The van der Waals surface area contributed by atoms with E-state index in [-0.39, 0.29) is 44.4 Å². The van der Waals surface area contributed by atoms with E-state index in [0.29, 0.717) is 22.3 Å². The second-order valence-corrected chi connectivity index (χ2v) is 24.4. The standard InChI is InChI=1S/C34H50O6Si2/c1-19(2)41(20(3)4,21(5)6)39-31-29-17-25(33(35)36)13-15-27(29)28-16-14-26(34(37)38)18-30(28)32(31)40-42(22(7)8,23(9)10)24(11)12/h13-24H,1-12H3,(H,35,36)(H,37,38). The molecule has 42 heavy (non-hydrogen) atoms. The van der Waals surface area contributed by atoms with Gasteiger partial charge in [0.2, 0.25) is 0 Å². The number of fused-ring (bicyclic) bond motifs is 3. The Balaban J connectivity index is 2.68. The van der Waals surface area contributed by atoms with Crippen LogP contribution in [0.15, 0.2) is 36.4 Å². The molecule has 0 amide bonds. The maximum absolute atomic E-state index is 12.2. The van der Waals surface area contributed by atoms with Gasteiger partial charge in [-0.25, -0.2) is 9.59 Å². The number of aromatic carboxylic acids is 2. The summed E-state index contributed by atoms with van der Waals surface area (Å²) < 4.78 is 14.9. The summed E-state index contributed by atoms with van der Waals surface area (Å²) in [5.41, 5.74) is 1.88. The Kier molecular flexibility index (Phi) is 9.94. The maximum Gasteiger partial charge on any atom is 0.335 e. The molecule has 0 fully saturated rings. The molecule has 0 radical (unpaired) electrons. The molecule has 3 aromatic rings. The maximum atomic E-state index is 12.2. The lowest BCUT2D eigenvalue weighted by atomic mass is 9.97. The van der Waals surface area contributed by atoms with E-state index in [1.54, 1.807) is 24.3 Å². The Morgan fingerprint density at radius 1 is 0.500 bits per heavy atom. The summed E-state index contributed by atoms with van der Waals surface area (Å²) in [6.45, 7) is 26.6. The fourth-order valence-electron chi connectivity index (χ4n) is 7.71. The third-order valence-corrected chi connectivity index (χ3v) is 21.4. The fraction of sp³-hybridized carbons (Fsp3) is 0.529. The van der Waals surface area contributed by atoms with E-state index < -0.39 is 28.6 Å². The summed E-state index contributed by atoms with van der Waals surface area (Å²) in [5.74, 6) is -0.904. The van der Waals surface area contributed by atoms with Crippen LogP contribution in [0.25, 0.3) is 21.5 Å². The lowest BCUT2D eigenvalue weighted by molar-refractivity contribution is 0.0686. The molecule has 8 heteroatoms. The van der Waals surface area contributed by atoms with Crippen LogP contribution in [0.5, 0.6) is 11.5 Å². The molecular weight excluding hydrogens is 561 g/mol. The van der Waals surface area contributed by atoms with Crippen LogP contribution < -0.4 is 8.85 Å². The fourth-order valence-corrected chi connectivity index (χ4v) is 18.2. The predicted octanol–water partition coefficient (Wildman–Crippen LogP) is 10.5. The van der Waals surface area contributed by atoms with Crippen molar-refractivity contribution in [1.29, 1.82) is 0 Å². The van der Waals surface area contributed by atoms with Crippen LogP contribution in [-0.4, -0.2) is 38.8 Å². The summed E-state index contributed by atoms with van der Waals surface area (Å²) in [6.07, 6.45) is 0. The van der Waals surface area contributed by atoms with Crippen molar-refractivity contribution in [1.82, 2.24) is 0 Å². The number of carboxylic acids is 2. The Labute approximate surface area is 253 Å². The third kappa shape index (κ3) is 5.60. The molecule has 0 bridgehead atoms. The summed E-state index contributed by atoms with van der Waals surface area (Å²) in [7, 11) is -5.14. The highest BCUT2D eigenvalue weighted by Gasteiger charge is 2.50. The lowest BCUT2D eigenvalue weighted by Gasteiger charge is -2.45. The van der Waals surface area contributed by atoms with E-state index >= 15 is 0 Å². The molecule has 0 spiro atoms. The second kappa shape index (κ2) is 12.4. The van der Waals surface area contributed by atoms with Crippen molar-refractivity contribution < 1.29 is 28.7 Å². The Hall–Kier alpha value is -2.85. The van der Waals surface area contributed by atoms with E-state index in [1.807, 2.05) is 12.1 Å². The highest BCUT2D eigenvalue weighted by molar-refractivity contribution is 6.79. The van der Waals surface area contributed by atoms with Gasteiger partial charge in [-0.2, -0.15) is 0 Å². The van der Waals surface area contributed by atoms with E-state index in [4.69, 9.17) is 8.85 Å². The van der Waals surface area contributed by atoms with Gasteiger partial charge in [-0.3, -0.25) is 0 Å². The zero-order valence-electron chi connectivity index (χ0n) is 27.5. The van der Waals surface area contributed by atoms with E-state index in [1.165, 1.54) is 0 Å². The van der Waals surface area contributed by atoms with Gasteiger partial charge < -0.3 is 19.1 Å². The lowest BCUT2D eigenvalue weighted by Crippen LogP contribution is -2.52. The highest BCUT2D eigenvalue weighted by atomic mass is 28.4. The highest BCUT2D eigenvalue weighted by Crippen LogP contribution is 2.53. The van der Waals surface area contributed by atoms with Gasteiger partial charge >= 0.3 is 11.9 Å². The van der Waals surface area contributed by atoms with Gasteiger partial charge in [-0.1, -0.05) is 95.2 Å². The van der Waals surface area contributed by atoms with E-state index in [9.17, 15) is 19.8 Å². The molecule has 0 atom stereocenters. The second-order valence-electron chi connectivity index (χ2n) is 13.6. The average molecular weight is 611 g/mol. The molecule has 0 aliphatic heterocycles. The SMILES string of the molecule is CC(C)[Si](Oc1c(O[Si](C(C)C)(C(C)C)C(C)C)c2cc(C(=O)O)ccc2c2ccc(C(=O)O)cc12)(C(C)C)C(C)C. The van der Waals surface area contributed by atoms with Crippen LogP contribution in [-0.2, 0) is 0 Å². The van der Waals surface area contributed by atoms with Gasteiger partial charge in [-0.15, -0.1) is 0 Å². The van der Waals surface area contributed by atoms with Crippen LogP contribution in [0.2, 0.25) is 33.2 Å². The van der Waals surface area contributed by atoms with Crippen molar-refractivity contribution >= 4 is 50.1 Å². The summed E-state index contributed by atoms with van der Waals surface area (Å²) >= 11 is 0. The number of carboxylic acid groups (broad SMARTS) is 2. The first-order chi connectivity index (χ1) is 19.4. The Morgan fingerprint density at radius 3 is 0.976 bits per heavy atom. The Bertz CT molecular complexity index is 1320. The van der Waals surface area contributed by atoms with Crippen LogP contribution in [0.4, 0.5) is 0 Å². The summed E-state index contributed by atoms with van der Waals surface area (Å²) in [6, 6.07) is 10.3. The number of benzene rings is 3. The molecule has 0 aliphatic rings. The smallest absolute Gasteiger partial charge is 0.335 e. The van der Waals surface area contributed by atoms with Crippen molar-refractivity contribution in [3.63, 3.8) is 0 Å². The minimum atomic E-state index is -2.57. The monoisotopic (exact) mass is 610 g/mol. The van der Waals surface area contributed by atoms with Gasteiger partial charge in [-0.05, 0) is 68.3 Å². The topological polar surface area (TPSA) is 93.1 Å². The first-order valence-corrected chi connectivity index (χ1v) is 19.6. The molecule has 0 heterocycles. The Morgan fingerprint density at radius 2 is 0.762 bits per heavy atom. The van der Waals surface area contributed by atoms with Gasteiger partial charge in [0.05, 0.1) is 11.1 Å². The molecule has 0 saturated carbocycles. The zero-order valence-corrected chi connectivity index (χ0v) is 29.5. The summed E-state index contributed by atoms with van der Waals surface area (Å²) in [4.78, 5) is 24.4. The van der Waals surface area contributed by atoms with Crippen LogP contribution in [0, 0.1) is 0 Å². The molecule has 3 aromatic carbocycles. The van der Waals surface area contributed by atoms with E-state index in [0.717, 1.165) is 10.8 Å². The van der Waals surface area contributed by atoms with Crippen molar-refractivity contribution in [2.24, 2.45) is 0 Å². The first kappa shape index (κ1) is 33.7.